The van der Waals surface area contributed by atoms with Crippen molar-refractivity contribution in [2.24, 2.45) is 0 Å². The fourth-order valence-corrected chi connectivity index (χ4v) is 1.21. The van der Waals surface area contributed by atoms with Gasteiger partial charge in [-0.05, 0) is 28.1 Å². The molecule has 0 fully saturated rings. The molecule has 0 aliphatic rings. The molecule has 0 aliphatic heterocycles. The summed E-state index contributed by atoms with van der Waals surface area (Å²) in [5.74, 6) is -0.108. The van der Waals surface area contributed by atoms with Gasteiger partial charge in [0.15, 0.2) is 0 Å². The molecule has 15 heavy (non-hydrogen) atoms. The summed E-state index contributed by atoms with van der Waals surface area (Å²) >= 11 is 3.18. The van der Waals surface area contributed by atoms with E-state index in [2.05, 4.69) is 31.5 Å². The van der Waals surface area contributed by atoms with Crippen LogP contribution in [0, 0.1) is 0 Å². The number of rotatable bonds is 3. The third-order valence-electron chi connectivity index (χ3n) is 1.48. The molecule has 5 nitrogen and oxygen atoms in total. The van der Waals surface area contributed by atoms with Gasteiger partial charge in [-0.3, -0.25) is 9.59 Å². The number of carbonyl (C=O) groups excluding carboxylic acids is 2. The quantitative estimate of drug-likeness (QED) is 0.804. The van der Waals surface area contributed by atoms with E-state index in [1.807, 2.05) is 0 Å². The van der Waals surface area contributed by atoms with Crippen LogP contribution < -0.4 is 10.6 Å². The van der Waals surface area contributed by atoms with Crippen molar-refractivity contribution in [3.63, 3.8) is 0 Å². The molecule has 0 radical (unpaired) electrons. The zero-order valence-electron chi connectivity index (χ0n) is 8.08. The van der Waals surface area contributed by atoms with Crippen molar-refractivity contribution in [1.82, 2.24) is 10.3 Å². The molecular formula is C9H10BrN3O2. The number of aromatic nitrogens is 1. The van der Waals surface area contributed by atoms with Crippen LogP contribution in [0.3, 0.4) is 0 Å². The molecule has 80 valence electrons. The summed E-state index contributed by atoms with van der Waals surface area (Å²) in [6.07, 6.45) is 0. The van der Waals surface area contributed by atoms with Crippen LogP contribution in [0.5, 0.6) is 0 Å². The van der Waals surface area contributed by atoms with Crippen LogP contribution in [0.2, 0.25) is 0 Å². The number of carbonyl (C=O) groups is 2. The van der Waals surface area contributed by atoms with Crippen molar-refractivity contribution in [3.05, 3.63) is 22.8 Å². The van der Waals surface area contributed by atoms with Crippen molar-refractivity contribution >= 4 is 33.6 Å². The van der Waals surface area contributed by atoms with Crippen LogP contribution in [0.1, 0.15) is 6.92 Å². The van der Waals surface area contributed by atoms with Crippen molar-refractivity contribution in [2.45, 2.75) is 6.92 Å². The SMILES string of the molecule is CC(=O)NCC(=O)Nc1cccc(Br)n1. The second-order valence-electron chi connectivity index (χ2n) is 2.80. The average Bonchev–Trinajstić information content (AvgIpc) is 2.15. The van der Waals surface area contributed by atoms with E-state index in [1.165, 1.54) is 6.92 Å². The molecule has 0 aliphatic carbocycles. The summed E-state index contributed by atoms with van der Waals surface area (Å²) in [6.45, 7) is 1.30. The van der Waals surface area contributed by atoms with Crippen LogP contribution in [0.15, 0.2) is 22.8 Å². The predicted molar refractivity (Wildman–Crippen MR) is 59.3 cm³/mol. The first-order valence-electron chi connectivity index (χ1n) is 4.25. The Balaban J connectivity index is 2.48. The number of nitrogens with zero attached hydrogens (tertiary/aromatic N) is 1. The zero-order valence-corrected chi connectivity index (χ0v) is 9.67. The summed E-state index contributed by atoms with van der Waals surface area (Å²) in [7, 11) is 0. The highest BCUT2D eigenvalue weighted by Crippen LogP contribution is 2.09. The predicted octanol–water partition coefficient (Wildman–Crippen LogP) is 0.919. The van der Waals surface area contributed by atoms with E-state index in [-0.39, 0.29) is 18.4 Å². The van der Waals surface area contributed by atoms with Gasteiger partial charge in [-0.15, -0.1) is 0 Å². The number of pyridine rings is 1. The Hall–Kier alpha value is -1.43. The van der Waals surface area contributed by atoms with Gasteiger partial charge in [0.05, 0.1) is 6.54 Å². The standard InChI is InChI=1S/C9H10BrN3O2/c1-6(14)11-5-9(15)13-8-4-2-3-7(10)12-8/h2-4H,5H2,1H3,(H,11,14)(H,12,13,15). The second-order valence-corrected chi connectivity index (χ2v) is 3.62. The first-order valence-corrected chi connectivity index (χ1v) is 5.04. The van der Waals surface area contributed by atoms with Crippen LogP contribution >= 0.6 is 15.9 Å². The molecule has 1 heterocycles. The maximum absolute atomic E-state index is 11.2. The first kappa shape index (κ1) is 11.6. The fraction of sp³-hybridized carbons (Fsp3) is 0.222. The Morgan fingerprint density at radius 2 is 2.20 bits per heavy atom. The molecule has 2 amide bonds. The number of hydrogen-bond acceptors (Lipinski definition) is 3. The Bertz CT molecular complexity index is 381. The lowest BCUT2D eigenvalue weighted by Gasteiger charge is -2.04. The summed E-state index contributed by atoms with van der Waals surface area (Å²) in [5.41, 5.74) is 0. The molecule has 0 bridgehead atoms. The van der Waals surface area contributed by atoms with Gasteiger partial charge in [-0.25, -0.2) is 4.98 Å². The average molecular weight is 272 g/mol. The highest BCUT2D eigenvalue weighted by molar-refractivity contribution is 9.10. The minimum atomic E-state index is -0.309. The molecule has 1 rings (SSSR count). The largest absolute Gasteiger partial charge is 0.347 e. The lowest BCUT2D eigenvalue weighted by molar-refractivity contribution is -0.122. The minimum absolute atomic E-state index is 0.0521. The number of nitrogens with one attached hydrogen (secondary N) is 2. The van der Waals surface area contributed by atoms with Crippen molar-refractivity contribution in [2.75, 3.05) is 11.9 Å². The normalized spacial score (nSPS) is 9.47. The van der Waals surface area contributed by atoms with Gasteiger partial charge in [0.25, 0.3) is 0 Å². The van der Waals surface area contributed by atoms with Gasteiger partial charge in [0.1, 0.15) is 10.4 Å². The van der Waals surface area contributed by atoms with E-state index in [9.17, 15) is 9.59 Å². The molecule has 1 aromatic heterocycles. The molecular weight excluding hydrogens is 262 g/mol. The zero-order chi connectivity index (χ0) is 11.3. The highest BCUT2D eigenvalue weighted by atomic mass is 79.9. The molecule has 0 aromatic carbocycles. The molecule has 0 saturated heterocycles. The smallest absolute Gasteiger partial charge is 0.244 e. The van der Waals surface area contributed by atoms with E-state index in [0.29, 0.717) is 10.4 Å². The van der Waals surface area contributed by atoms with E-state index >= 15 is 0 Å². The molecule has 0 saturated carbocycles. The van der Waals surface area contributed by atoms with E-state index in [4.69, 9.17) is 0 Å². The van der Waals surface area contributed by atoms with E-state index in [0.717, 1.165) is 0 Å². The van der Waals surface area contributed by atoms with Gasteiger partial charge < -0.3 is 10.6 Å². The molecule has 0 atom stereocenters. The Morgan fingerprint density at radius 3 is 2.80 bits per heavy atom. The summed E-state index contributed by atoms with van der Waals surface area (Å²) < 4.78 is 0.639. The van der Waals surface area contributed by atoms with Crippen LogP contribution in [-0.4, -0.2) is 23.3 Å². The van der Waals surface area contributed by atoms with Gasteiger partial charge in [0, 0.05) is 6.92 Å². The molecule has 0 spiro atoms. The fourth-order valence-electron chi connectivity index (χ4n) is 0.870. The Kier molecular flexibility index (Phi) is 4.23. The van der Waals surface area contributed by atoms with Crippen LogP contribution in [0.25, 0.3) is 0 Å². The molecule has 0 unspecified atom stereocenters. The lowest BCUT2D eigenvalue weighted by atomic mass is 10.4. The Labute approximate surface area is 95.4 Å². The summed E-state index contributed by atoms with van der Waals surface area (Å²) in [4.78, 5) is 25.8. The topological polar surface area (TPSA) is 71.1 Å². The van der Waals surface area contributed by atoms with Crippen molar-refractivity contribution in [1.29, 1.82) is 0 Å². The van der Waals surface area contributed by atoms with Crippen molar-refractivity contribution < 1.29 is 9.59 Å². The second kappa shape index (κ2) is 5.45. The maximum Gasteiger partial charge on any atom is 0.244 e. The van der Waals surface area contributed by atoms with Crippen LogP contribution in [0.4, 0.5) is 5.82 Å². The monoisotopic (exact) mass is 271 g/mol. The van der Waals surface area contributed by atoms with Gasteiger partial charge in [-0.2, -0.15) is 0 Å². The maximum atomic E-state index is 11.2. The third-order valence-corrected chi connectivity index (χ3v) is 1.92. The van der Waals surface area contributed by atoms with E-state index < -0.39 is 0 Å². The molecule has 1 aromatic rings. The van der Waals surface area contributed by atoms with Gasteiger partial charge in [0.2, 0.25) is 11.8 Å². The molecule has 2 N–H and O–H groups in total. The lowest BCUT2D eigenvalue weighted by Crippen LogP contribution is -2.31. The van der Waals surface area contributed by atoms with E-state index in [1.54, 1.807) is 18.2 Å². The highest BCUT2D eigenvalue weighted by Gasteiger charge is 2.03. The Morgan fingerprint density at radius 1 is 1.47 bits per heavy atom. The number of halogens is 1. The number of anilines is 1. The first-order chi connectivity index (χ1) is 7.08. The minimum Gasteiger partial charge on any atom is -0.347 e. The van der Waals surface area contributed by atoms with Crippen molar-refractivity contribution in [3.8, 4) is 0 Å². The molecule has 6 heteroatoms. The van der Waals surface area contributed by atoms with Crippen LogP contribution in [-0.2, 0) is 9.59 Å². The third kappa shape index (κ3) is 4.55. The number of hydrogen-bond donors (Lipinski definition) is 2. The van der Waals surface area contributed by atoms with Gasteiger partial charge in [-0.1, -0.05) is 6.07 Å². The number of amides is 2. The van der Waals surface area contributed by atoms with Gasteiger partial charge >= 0.3 is 0 Å². The summed E-state index contributed by atoms with van der Waals surface area (Å²) in [5, 5.41) is 4.93. The summed E-state index contributed by atoms with van der Waals surface area (Å²) in [6, 6.07) is 5.17.